The lowest BCUT2D eigenvalue weighted by Gasteiger charge is -2.09. The molecule has 0 spiro atoms. The van der Waals surface area contributed by atoms with Crippen LogP contribution >= 0.6 is 0 Å². The number of ether oxygens (including phenoxy) is 1. The fourth-order valence-corrected chi connectivity index (χ4v) is 1.68. The summed E-state index contributed by atoms with van der Waals surface area (Å²) in [7, 11) is 0. The van der Waals surface area contributed by atoms with Crippen LogP contribution in [0.5, 0.6) is 11.5 Å². The highest BCUT2D eigenvalue weighted by Gasteiger charge is 2.07. The average molecular weight is 270 g/mol. The van der Waals surface area contributed by atoms with Crippen LogP contribution in [0.15, 0.2) is 48.5 Å². The third-order valence-corrected chi connectivity index (χ3v) is 2.76. The van der Waals surface area contributed by atoms with Gasteiger partial charge in [0.05, 0.1) is 6.04 Å². The SMILES string of the molecule is Cc1cccc(Oc2ccc(NC(=O)C(C)N)cc2)c1. The summed E-state index contributed by atoms with van der Waals surface area (Å²) < 4.78 is 5.73. The molecule has 2 aromatic carbocycles. The van der Waals surface area contributed by atoms with E-state index in [1.54, 1.807) is 31.2 Å². The normalized spacial score (nSPS) is 11.8. The molecule has 0 bridgehead atoms. The van der Waals surface area contributed by atoms with Gasteiger partial charge in [-0.15, -0.1) is 0 Å². The van der Waals surface area contributed by atoms with Crippen molar-refractivity contribution < 1.29 is 9.53 Å². The van der Waals surface area contributed by atoms with Crippen molar-refractivity contribution in [2.75, 3.05) is 5.32 Å². The molecule has 20 heavy (non-hydrogen) atoms. The largest absolute Gasteiger partial charge is 0.457 e. The zero-order chi connectivity index (χ0) is 14.5. The predicted octanol–water partition coefficient (Wildman–Crippen LogP) is 3.07. The van der Waals surface area contributed by atoms with Gasteiger partial charge in [-0.3, -0.25) is 4.79 Å². The molecule has 0 aromatic heterocycles. The molecular weight excluding hydrogens is 252 g/mol. The van der Waals surface area contributed by atoms with Crippen molar-refractivity contribution in [3.8, 4) is 11.5 Å². The molecule has 0 heterocycles. The predicted molar refractivity (Wildman–Crippen MR) is 80.0 cm³/mol. The van der Waals surface area contributed by atoms with Gasteiger partial charge in [-0.1, -0.05) is 12.1 Å². The zero-order valence-electron chi connectivity index (χ0n) is 11.6. The van der Waals surface area contributed by atoms with E-state index in [2.05, 4.69) is 5.32 Å². The number of nitrogens with two attached hydrogens (primary N) is 1. The maximum atomic E-state index is 11.5. The molecule has 104 valence electrons. The highest BCUT2D eigenvalue weighted by atomic mass is 16.5. The van der Waals surface area contributed by atoms with Crippen LogP contribution in [0.1, 0.15) is 12.5 Å². The first-order valence-corrected chi connectivity index (χ1v) is 6.45. The third kappa shape index (κ3) is 3.83. The lowest BCUT2D eigenvalue weighted by molar-refractivity contribution is -0.117. The number of carbonyl (C=O) groups is 1. The van der Waals surface area contributed by atoms with Gasteiger partial charge in [-0.2, -0.15) is 0 Å². The van der Waals surface area contributed by atoms with E-state index in [-0.39, 0.29) is 5.91 Å². The summed E-state index contributed by atoms with van der Waals surface area (Å²) in [5, 5.41) is 2.72. The second-order valence-corrected chi connectivity index (χ2v) is 4.72. The molecule has 2 aromatic rings. The monoisotopic (exact) mass is 270 g/mol. The van der Waals surface area contributed by atoms with E-state index in [4.69, 9.17) is 10.5 Å². The maximum absolute atomic E-state index is 11.5. The minimum absolute atomic E-state index is 0.211. The molecule has 0 fully saturated rings. The lowest BCUT2D eigenvalue weighted by atomic mass is 10.2. The molecule has 0 radical (unpaired) electrons. The number of nitrogens with one attached hydrogen (secondary N) is 1. The Morgan fingerprint density at radius 1 is 1.15 bits per heavy atom. The van der Waals surface area contributed by atoms with Crippen molar-refractivity contribution in [1.29, 1.82) is 0 Å². The van der Waals surface area contributed by atoms with Crippen LogP contribution in [0.4, 0.5) is 5.69 Å². The van der Waals surface area contributed by atoms with Crippen molar-refractivity contribution in [2.24, 2.45) is 5.73 Å². The summed E-state index contributed by atoms with van der Waals surface area (Å²) in [6.45, 7) is 3.66. The Morgan fingerprint density at radius 2 is 1.85 bits per heavy atom. The number of benzene rings is 2. The first-order chi connectivity index (χ1) is 9.54. The summed E-state index contributed by atoms with van der Waals surface area (Å²) >= 11 is 0. The zero-order valence-corrected chi connectivity index (χ0v) is 11.6. The van der Waals surface area contributed by atoms with Gasteiger partial charge in [0.25, 0.3) is 0 Å². The summed E-state index contributed by atoms with van der Waals surface area (Å²) in [5.74, 6) is 1.30. The fraction of sp³-hybridized carbons (Fsp3) is 0.188. The summed E-state index contributed by atoms with van der Waals surface area (Å²) in [6.07, 6.45) is 0. The van der Waals surface area contributed by atoms with Gasteiger partial charge in [-0.05, 0) is 55.8 Å². The quantitative estimate of drug-likeness (QED) is 0.897. The number of rotatable bonds is 4. The number of carbonyl (C=O) groups excluding carboxylic acids is 1. The number of hydrogen-bond donors (Lipinski definition) is 2. The molecule has 1 unspecified atom stereocenters. The van der Waals surface area contributed by atoms with Crippen LogP contribution < -0.4 is 15.8 Å². The van der Waals surface area contributed by atoms with E-state index in [0.29, 0.717) is 5.69 Å². The number of amides is 1. The summed E-state index contributed by atoms with van der Waals surface area (Å²) in [5.41, 5.74) is 7.33. The van der Waals surface area contributed by atoms with Crippen molar-refractivity contribution in [1.82, 2.24) is 0 Å². The van der Waals surface area contributed by atoms with Crippen LogP contribution in [0.2, 0.25) is 0 Å². The van der Waals surface area contributed by atoms with Gasteiger partial charge in [0, 0.05) is 5.69 Å². The van der Waals surface area contributed by atoms with E-state index >= 15 is 0 Å². The molecule has 3 N–H and O–H groups in total. The molecule has 4 heteroatoms. The van der Waals surface area contributed by atoms with Crippen molar-refractivity contribution in [3.63, 3.8) is 0 Å². The summed E-state index contributed by atoms with van der Waals surface area (Å²) in [4.78, 5) is 11.5. The Hall–Kier alpha value is -2.33. The Labute approximate surface area is 118 Å². The number of aryl methyl sites for hydroxylation is 1. The number of anilines is 1. The molecule has 4 nitrogen and oxygen atoms in total. The molecule has 1 amide bonds. The van der Waals surface area contributed by atoms with Gasteiger partial charge in [0.1, 0.15) is 11.5 Å². The van der Waals surface area contributed by atoms with Gasteiger partial charge < -0.3 is 15.8 Å². The molecule has 0 aliphatic heterocycles. The van der Waals surface area contributed by atoms with Crippen LogP contribution in [0.25, 0.3) is 0 Å². The molecular formula is C16H18N2O2. The Kier molecular flexibility index (Phi) is 4.38. The van der Waals surface area contributed by atoms with Crippen molar-refractivity contribution >= 4 is 11.6 Å². The van der Waals surface area contributed by atoms with Gasteiger partial charge in [0.15, 0.2) is 0 Å². The molecule has 0 aliphatic carbocycles. The van der Waals surface area contributed by atoms with Gasteiger partial charge in [0.2, 0.25) is 5.91 Å². The van der Waals surface area contributed by atoms with Crippen molar-refractivity contribution in [2.45, 2.75) is 19.9 Å². The minimum atomic E-state index is -0.529. The minimum Gasteiger partial charge on any atom is -0.457 e. The summed E-state index contributed by atoms with van der Waals surface area (Å²) in [6, 6.07) is 14.5. The molecule has 0 saturated heterocycles. The van der Waals surface area contributed by atoms with E-state index in [0.717, 1.165) is 17.1 Å². The fourth-order valence-electron chi connectivity index (χ4n) is 1.68. The Balaban J connectivity index is 2.03. The molecule has 0 aliphatic rings. The van der Waals surface area contributed by atoms with E-state index < -0.39 is 6.04 Å². The second-order valence-electron chi connectivity index (χ2n) is 4.72. The smallest absolute Gasteiger partial charge is 0.240 e. The lowest BCUT2D eigenvalue weighted by Crippen LogP contribution is -2.32. The second kappa shape index (κ2) is 6.21. The maximum Gasteiger partial charge on any atom is 0.240 e. The van der Waals surface area contributed by atoms with Crippen LogP contribution in [-0.4, -0.2) is 11.9 Å². The van der Waals surface area contributed by atoms with Crippen molar-refractivity contribution in [3.05, 3.63) is 54.1 Å². The Bertz CT molecular complexity index is 592. The number of hydrogen-bond acceptors (Lipinski definition) is 3. The standard InChI is InChI=1S/C16H18N2O2/c1-11-4-3-5-15(10-11)20-14-8-6-13(7-9-14)18-16(19)12(2)17/h3-10,12H,17H2,1-2H3,(H,18,19). The molecule has 0 saturated carbocycles. The van der Waals surface area contributed by atoms with E-state index in [9.17, 15) is 4.79 Å². The van der Waals surface area contributed by atoms with Crippen LogP contribution in [0.3, 0.4) is 0 Å². The average Bonchev–Trinajstić information content (AvgIpc) is 2.41. The van der Waals surface area contributed by atoms with E-state index in [1.165, 1.54) is 0 Å². The highest BCUT2D eigenvalue weighted by molar-refractivity contribution is 5.94. The molecule has 2 rings (SSSR count). The van der Waals surface area contributed by atoms with Crippen LogP contribution in [-0.2, 0) is 4.79 Å². The first kappa shape index (κ1) is 14.1. The van der Waals surface area contributed by atoms with Gasteiger partial charge in [-0.25, -0.2) is 0 Å². The molecule has 1 atom stereocenters. The van der Waals surface area contributed by atoms with E-state index in [1.807, 2.05) is 31.2 Å². The third-order valence-electron chi connectivity index (χ3n) is 2.76. The van der Waals surface area contributed by atoms with Gasteiger partial charge >= 0.3 is 0 Å². The highest BCUT2D eigenvalue weighted by Crippen LogP contribution is 2.23. The Morgan fingerprint density at radius 3 is 2.45 bits per heavy atom. The first-order valence-electron chi connectivity index (χ1n) is 6.45. The van der Waals surface area contributed by atoms with Crippen LogP contribution in [0, 0.1) is 6.92 Å². The topological polar surface area (TPSA) is 64.3 Å².